The molecule has 3 N–H and O–H groups in total. The van der Waals surface area contributed by atoms with Crippen LogP contribution in [0.3, 0.4) is 0 Å². The van der Waals surface area contributed by atoms with Crippen molar-refractivity contribution in [3.05, 3.63) is 64.4 Å². The second-order valence-corrected chi connectivity index (χ2v) is 4.93. The van der Waals surface area contributed by atoms with Crippen LogP contribution in [-0.2, 0) is 17.8 Å². The van der Waals surface area contributed by atoms with Crippen LogP contribution in [0.2, 0.25) is 5.02 Å². The minimum atomic E-state index is -0.959. The smallest absolute Gasteiger partial charge is 0.307 e. The van der Waals surface area contributed by atoms with Crippen molar-refractivity contribution >= 4 is 23.3 Å². The lowest BCUT2D eigenvalue weighted by Crippen LogP contribution is -2.31. The summed E-state index contributed by atoms with van der Waals surface area (Å²) in [7, 11) is 0. The van der Waals surface area contributed by atoms with Gasteiger partial charge in [0, 0.05) is 10.6 Å². The summed E-state index contributed by atoms with van der Waals surface area (Å²) < 4.78 is 13.8. The van der Waals surface area contributed by atoms with E-state index in [4.69, 9.17) is 22.6 Å². The van der Waals surface area contributed by atoms with Gasteiger partial charge in [0.2, 0.25) is 0 Å². The van der Waals surface area contributed by atoms with E-state index in [9.17, 15) is 9.18 Å². The number of benzene rings is 2. The minimum Gasteiger partial charge on any atom is -0.481 e. The van der Waals surface area contributed by atoms with E-state index in [2.05, 4.69) is 0 Å². The summed E-state index contributed by atoms with van der Waals surface area (Å²) in [6.45, 7) is 0.0438. The molecule has 0 bridgehead atoms. The molecule has 0 radical (unpaired) electrons. The van der Waals surface area contributed by atoms with Crippen LogP contribution in [0.25, 0.3) is 0 Å². The summed E-state index contributed by atoms with van der Waals surface area (Å²) >= 11 is 5.97. The Kier molecular flexibility index (Phi) is 4.77. The number of aliphatic carboxylic acids is 1. The number of nitrogens with zero attached hydrogens (tertiary/aromatic N) is 1. The molecule has 6 heteroatoms. The Morgan fingerprint density at radius 3 is 2.62 bits per heavy atom. The van der Waals surface area contributed by atoms with E-state index in [0.717, 1.165) is 0 Å². The summed E-state index contributed by atoms with van der Waals surface area (Å²) in [6.07, 6.45) is -0.158. The third-order valence-corrected chi connectivity index (χ3v) is 3.39. The predicted octanol–water partition coefficient (Wildman–Crippen LogP) is 2.99. The van der Waals surface area contributed by atoms with Crippen LogP contribution < -0.4 is 10.9 Å². The van der Waals surface area contributed by atoms with E-state index < -0.39 is 11.8 Å². The second-order valence-electron chi connectivity index (χ2n) is 4.53. The maximum atomic E-state index is 13.8. The van der Waals surface area contributed by atoms with Crippen molar-refractivity contribution in [1.29, 1.82) is 0 Å². The van der Waals surface area contributed by atoms with Crippen molar-refractivity contribution in [3.63, 3.8) is 0 Å². The molecule has 4 nitrogen and oxygen atoms in total. The summed E-state index contributed by atoms with van der Waals surface area (Å²) in [4.78, 5) is 10.9. The number of hydrogen-bond acceptors (Lipinski definition) is 3. The maximum absolute atomic E-state index is 13.8. The van der Waals surface area contributed by atoms with Crippen molar-refractivity contribution in [3.8, 4) is 0 Å². The monoisotopic (exact) mass is 308 g/mol. The first kappa shape index (κ1) is 15.3. The molecule has 21 heavy (non-hydrogen) atoms. The second kappa shape index (κ2) is 6.56. The molecule has 110 valence electrons. The lowest BCUT2D eigenvalue weighted by Gasteiger charge is -2.22. The molecule has 0 saturated heterocycles. The van der Waals surface area contributed by atoms with Crippen molar-refractivity contribution in [2.24, 2.45) is 5.84 Å². The zero-order valence-corrected chi connectivity index (χ0v) is 11.8. The van der Waals surface area contributed by atoms with Crippen molar-refractivity contribution in [1.82, 2.24) is 0 Å². The van der Waals surface area contributed by atoms with E-state index >= 15 is 0 Å². The largest absolute Gasteiger partial charge is 0.481 e. The number of hydrogen-bond donors (Lipinski definition) is 2. The number of carboxylic acids is 1. The molecule has 0 amide bonds. The molecule has 2 aromatic rings. The Morgan fingerprint density at radius 2 is 1.95 bits per heavy atom. The maximum Gasteiger partial charge on any atom is 0.307 e. The Hall–Kier alpha value is -2.11. The summed E-state index contributed by atoms with van der Waals surface area (Å²) in [5.41, 5.74) is 1.35. The van der Waals surface area contributed by atoms with Gasteiger partial charge < -0.3 is 10.1 Å². The highest BCUT2D eigenvalue weighted by Crippen LogP contribution is 2.24. The molecule has 0 unspecified atom stereocenters. The van der Waals surface area contributed by atoms with Crippen LogP contribution in [0.4, 0.5) is 10.1 Å². The van der Waals surface area contributed by atoms with Gasteiger partial charge >= 0.3 is 5.97 Å². The first-order valence-electron chi connectivity index (χ1n) is 6.24. The predicted molar refractivity (Wildman–Crippen MR) is 79.6 cm³/mol. The molecular weight excluding hydrogens is 295 g/mol. The normalized spacial score (nSPS) is 10.4. The highest BCUT2D eigenvalue weighted by molar-refractivity contribution is 6.31. The fourth-order valence-electron chi connectivity index (χ4n) is 2.04. The van der Waals surface area contributed by atoms with Gasteiger partial charge in [-0.15, -0.1) is 0 Å². The molecule has 0 aliphatic rings. The molecule has 2 rings (SSSR count). The molecule has 0 heterocycles. The number of nitrogens with two attached hydrogens (primary N) is 1. The SMILES string of the molecule is NN(Cc1c(F)cccc1Cl)c1ccccc1CC(=O)O. The molecule has 0 aliphatic heterocycles. The number of halogens is 2. The van der Waals surface area contributed by atoms with E-state index in [0.29, 0.717) is 11.3 Å². The molecular formula is C15H14ClFN2O2. The number of anilines is 1. The van der Waals surface area contributed by atoms with Crippen molar-refractivity contribution in [2.75, 3.05) is 5.01 Å². The van der Waals surface area contributed by atoms with Crippen LogP contribution in [0.1, 0.15) is 11.1 Å². The molecule has 0 aliphatic carbocycles. The first-order valence-corrected chi connectivity index (χ1v) is 6.61. The molecule has 0 spiro atoms. The van der Waals surface area contributed by atoms with Gasteiger partial charge in [-0.25, -0.2) is 10.2 Å². The van der Waals surface area contributed by atoms with Crippen LogP contribution >= 0.6 is 11.6 Å². The van der Waals surface area contributed by atoms with Crippen molar-refractivity contribution in [2.45, 2.75) is 13.0 Å². The quantitative estimate of drug-likeness (QED) is 0.658. The third kappa shape index (κ3) is 3.71. The highest BCUT2D eigenvalue weighted by atomic mass is 35.5. The summed E-state index contributed by atoms with van der Waals surface area (Å²) in [5.74, 6) is 4.55. The number of carbonyl (C=O) groups is 1. The average Bonchev–Trinajstić information content (AvgIpc) is 2.43. The minimum absolute atomic E-state index is 0.0438. The number of para-hydroxylation sites is 1. The molecule has 0 fully saturated rings. The van der Waals surface area contributed by atoms with Gasteiger partial charge in [-0.3, -0.25) is 4.79 Å². The standard InChI is InChI=1S/C15H14ClFN2O2/c16-12-5-3-6-13(17)11(12)9-19(18)14-7-2-1-4-10(14)8-15(20)21/h1-7H,8-9,18H2,(H,20,21). The van der Waals surface area contributed by atoms with Gasteiger partial charge in [0.25, 0.3) is 0 Å². The van der Waals surface area contributed by atoms with Crippen LogP contribution in [0.15, 0.2) is 42.5 Å². The lowest BCUT2D eigenvalue weighted by molar-refractivity contribution is -0.136. The average molecular weight is 309 g/mol. The fourth-order valence-corrected chi connectivity index (χ4v) is 2.27. The molecule has 0 saturated carbocycles. The number of hydrazine groups is 1. The zero-order valence-electron chi connectivity index (χ0n) is 11.1. The van der Waals surface area contributed by atoms with E-state index in [1.807, 2.05) is 0 Å². The van der Waals surface area contributed by atoms with Crippen LogP contribution in [-0.4, -0.2) is 11.1 Å². The number of carboxylic acid groups (broad SMARTS) is 1. The van der Waals surface area contributed by atoms with Gasteiger partial charge in [-0.2, -0.15) is 0 Å². The van der Waals surface area contributed by atoms with Gasteiger partial charge in [0.05, 0.1) is 18.7 Å². The highest BCUT2D eigenvalue weighted by Gasteiger charge is 2.14. The lowest BCUT2D eigenvalue weighted by atomic mass is 10.1. The summed E-state index contributed by atoms with van der Waals surface area (Å²) in [6, 6.07) is 11.2. The van der Waals surface area contributed by atoms with Crippen LogP contribution in [0.5, 0.6) is 0 Å². The van der Waals surface area contributed by atoms with E-state index in [-0.39, 0.29) is 23.6 Å². The fraction of sp³-hybridized carbons (Fsp3) is 0.133. The number of rotatable bonds is 5. The Bertz CT molecular complexity index is 644. The van der Waals surface area contributed by atoms with Gasteiger partial charge in [-0.05, 0) is 23.8 Å². The first-order chi connectivity index (χ1) is 9.99. The van der Waals surface area contributed by atoms with Gasteiger partial charge in [0.15, 0.2) is 0 Å². The Labute approximate surface area is 126 Å². The Morgan fingerprint density at radius 1 is 1.24 bits per heavy atom. The van der Waals surface area contributed by atoms with Crippen LogP contribution in [0, 0.1) is 5.82 Å². The van der Waals surface area contributed by atoms with Gasteiger partial charge in [-0.1, -0.05) is 35.9 Å². The zero-order chi connectivity index (χ0) is 15.4. The van der Waals surface area contributed by atoms with E-state index in [1.54, 1.807) is 30.3 Å². The third-order valence-electron chi connectivity index (χ3n) is 3.03. The molecule has 0 atom stereocenters. The summed E-state index contributed by atoms with van der Waals surface area (Å²) in [5, 5.41) is 10.5. The molecule has 2 aromatic carbocycles. The van der Waals surface area contributed by atoms with Crippen molar-refractivity contribution < 1.29 is 14.3 Å². The molecule has 0 aromatic heterocycles. The topological polar surface area (TPSA) is 66.6 Å². The Balaban J connectivity index is 2.28. The van der Waals surface area contributed by atoms with Gasteiger partial charge in [0.1, 0.15) is 5.82 Å². The van der Waals surface area contributed by atoms with E-state index in [1.165, 1.54) is 17.1 Å².